The van der Waals surface area contributed by atoms with E-state index in [2.05, 4.69) is 0 Å². The highest BCUT2D eigenvalue weighted by Gasteiger charge is 2.37. The third-order valence-corrected chi connectivity index (χ3v) is 3.66. The Hall–Kier alpha value is -1.40. The molecular weight excluding hydrogens is 268 g/mol. The van der Waals surface area contributed by atoms with E-state index in [0.29, 0.717) is 11.1 Å². The molecule has 1 aromatic carbocycles. The maximum absolute atomic E-state index is 11.3. The predicted molar refractivity (Wildman–Crippen MR) is 69.2 cm³/mol. The van der Waals surface area contributed by atoms with Crippen LogP contribution < -0.4 is 0 Å². The highest BCUT2D eigenvalue weighted by atomic mass is 32.2. The van der Waals surface area contributed by atoms with Crippen LogP contribution in [0, 0.1) is 5.92 Å². The molecule has 0 aromatic heterocycles. The van der Waals surface area contributed by atoms with Crippen LogP contribution in [0.15, 0.2) is 24.3 Å². The van der Waals surface area contributed by atoms with E-state index in [1.54, 1.807) is 24.3 Å². The molecule has 0 radical (unpaired) electrons. The van der Waals surface area contributed by atoms with Crippen LogP contribution in [-0.2, 0) is 25.7 Å². The van der Waals surface area contributed by atoms with E-state index in [1.807, 2.05) is 0 Å². The van der Waals surface area contributed by atoms with Crippen molar-refractivity contribution in [3.8, 4) is 0 Å². The minimum Gasteiger partial charge on any atom is -0.481 e. The Kier molecular flexibility index (Phi) is 3.91. The maximum atomic E-state index is 11.3. The smallest absolute Gasteiger partial charge is 0.311 e. The third-order valence-electron chi connectivity index (χ3n) is 3.11. The first-order valence-corrected chi connectivity index (χ1v) is 7.84. The van der Waals surface area contributed by atoms with Gasteiger partial charge in [-0.25, -0.2) is 0 Å². The number of carbonyl (C=O) groups is 1. The normalized spacial score (nSPS) is 17.1. The van der Waals surface area contributed by atoms with Gasteiger partial charge in [0.2, 0.25) is 0 Å². The highest BCUT2D eigenvalue weighted by Crippen LogP contribution is 2.42. The van der Waals surface area contributed by atoms with E-state index < -0.39 is 22.0 Å². The van der Waals surface area contributed by atoms with Crippen molar-refractivity contribution in [3.05, 3.63) is 35.4 Å². The van der Waals surface area contributed by atoms with E-state index in [9.17, 15) is 18.3 Å². The molecule has 2 rings (SSSR count). The average Bonchev–Trinajstić information content (AvgIpc) is 3.10. The van der Waals surface area contributed by atoms with Gasteiger partial charge in [0.1, 0.15) is 0 Å². The number of rotatable bonds is 6. The fraction of sp³-hybridized carbons (Fsp3) is 0.462. The molecule has 1 atom stereocenters. The third kappa shape index (κ3) is 4.04. The number of carboxylic acids is 1. The molecule has 1 fully saturated rings. The van der Waals surface area contributed by atoms with Crippen molar-refractivity contribution in [1.29, 1.82) is 0 Å². The largest absolute Gasteiger partial charge is 0.481 e. The van der Waals surface area contributed by atoms with Crippen molar-refractivity contribution in [1.82, 2.24) is 0 Å². The summed E-state index contributed by atoms with van der Waals surface area (Å²) in [6, 6.07) is 6.93. The SMILES string of the molecule is CS(=O)(=O)OCc1cccc(C(C(=O)O)C2CC2)c1. The molecule has 1 saturated carbocycles. The van der Waals surface area contributed by atoms with Crippen LogP contribution >= 0.6 is 0 Å². The van der Waals surface area contributed by atoms with Gasteiger partial charge in [-0.1, -0.05) is 24.3 Å². The summed E-state index contributed by atoms with van der Waals surface area (Å²) in [5.41, 5.74) is 1.37. The van der Waals surface area contributed by atoms with Crippen molar-refractivity contribution in [2.24, 2.45) is 5.92 Å². The fourth-order valence-electron chi connectivity index (χ4n) is 2.10. The molecule has 0 amide bonds. The fourth-order valence-corrected chi connectivity index (χ4v) is 2.45. The lowest BCUT2D eigenvalue weighted by Crippen LogP contribution is -2.14. The lowest BCUT2D eigenvalue weighted by molar-refractivity contribution is -0.139. The molecule has 1 unspecified atom stereocenters. The van der Waals surface area contributed by atoms with E-state index in [-0.39, 0.29) is 12.5 Å². The quantitative estimate of drug-likeness (QED) is 0.805. The van der Waals surface area contributed by atoms with E-state index >= 15 is 0 Å². The van der Waals surface area contributed by atoms with Crippen LogP contribution in [0.1, 0.15) is 29.9 Å². The average molecular weight is 284 g/mol. The molecule has 5 nitrogen and oxygen atoms in total. The summed E-state index contributed by atoms with van der Waals surface area (Å²) in [6.07, 6.45) is 2.85. The van der Waals surface area contributed by atoms with Crippen molar-refractivity contribution in [2.45, 2.75) is 25.4 Å². The molecular formula is C13H16O5S. The molecule has 1 aliphatic rings. The molecule has 104 valence electrons. The molecule has 1 aliphatic carbocycles. The monoisotopic (exact) mass is 284 g/mol. The highest BCUT2D eigenvalue weighted by molar-refractivity contribution is 7.85. The summed E-state index contributed by atoms with van der Waals surface area (Å²) in [4.78, 5) is 11.3. The predicted octanol–water partition coefficient (Wildman–Crippen LogP) is 1.74. The summed E-state index contributed by atoms with van der Waals surface area (Å²) in [5.74, 6) is -1.13. The summed E-state index contributed by atoms with van der Waals surface area (Å²) in [5, 5.41) is 9.26. The number of hydrogen-bond acceptors (Lipinski definition) is 4. The van der Waals surface area contributed by atoms with Gasteiger partial charge in [-0.05, 0) is 29.9 Å². The van der Waals surface area contributed by atoms with Crippen LogP contribution in [0.3, 0.4) is 0 Å². The summed E-state index contributed by atoms with van der Waals surface area (Å²) in [7, 11) is -3.49. The Balaban J connectivity index is 2.16. The molecule has 0 aliphatic heterocycles. The van der Waals surface area contributed by atoms with Gasteiger partial charge in [0, 0.05) is 0 Å². The van der Waals surface area contributed by atoms with Gasteiger partial charge < -0.3 is 5.11 Å². The van der Waals surface area contributed by atoms with E-state index in [0.717, 1.165) is 19.1 Å². The molecule has 1 N–H and O–H groups in total. The standard InChI is InChI=1S/C13H16O5S/c1-19(16,17)18-8-9-3-2-4-11(7-9)12(13(14)15)10-5-6-10/h2-4,7,10,12H,5-6,8H2,1H3,(H,14,15). The molecule has 6 heteroatoms. The van der Waals surface area contributed by atoms with Crippen LogP contribution in [0.25, 0.3) is 0 Å². The van der Waals surface area contributed by atoms with Gasteiger partial charge in [-0.3, -0.25) is 8.98 Å². The van der Waals surface area contributed by atoms with E-state index in [1.165, 1.54) is 0 Å². The molecule has 0 spiro atoms. The maximum Gasteiger partial charge on any atom is 0.311 e. The van der Waals surface area contributed by atoms with Crippen molar-refractivity contribution < 1.29 is 22.5 Å². The zero-order valence-electron chi connectivity index (χ0n) is 10.6. The molecule has 1 aromatic rings. The second kappa shape index (κ2) is 5.30. The second-order valence-corrected chi connectivity index (χ2v) is 6.51. The summed E-state index contributed by atoms with van der Waals surface area (Å²) < 4.78 is 26.6. The van der Waals surface area contributed by atoms with Crippen LogP contribution in [-0.4, -0.2) is 25.7 Å². The van der Waals surface area contributed by atoms with Gasteiger partial charge in [0.15, 0.2) is 0 Å². The number of carboxylic acid groups (broad SMARTS) is 1. The number of aliphatic carboxylic acids is 1. The first-order chi connectivity index (χ1) is 8.87. The minimum atomic E-state index is -3.49. The molecule has 0 heterocycles. The molecule has 0 bridgehead atoms. The Bertz CT molecular complexity index is 574. The van der Waals surface area contributed by atoms with E-state index in [4.69, 9.17) is 4.18 Å². The van der Waals surface area contributed by atoms with Crippen LogP contribution in [0.5, 0.6) is 0 Å². The Labute approximate surface area is 112 Å². The number of benzene rings is 1. The van der Waals surface area contributed by atoms with Gasteiger partial charge in [-0.2, -0.15) is 8.42 Å². The lowest BCUT2D eigenvalue weighted by Gasteiger charge is -2.12. The minimum absolute atomic E-state index is 0.0658. The van der Waals surface area contributed by atoms with Gasteiger partial charge >= 0.3 is 5.97 Å². The first-order valence-electron chi connectivity index (χ1n) is 6.03. The summed E-state index contributed by atoms with van der Waals surface area (Å²) in [6.45, 7) is -0.0658. The summed E-state index contributed by atoms with van der Waals surface area (Å²) >= 11 is 0. The number of hydrogen-bond donors (Lipinski definition) is 1. The zero-order chi connectivity index (χ0) is 14.0. The topological polar surface area (TPSA) is 80.7 Å². The second-order valence-electron chi connectivity index (χ2n) is 4.86. The van der Waals surface area contributed by atoms with Crippen LogP contribution in [0.2, 0.25) is 0 Å². The Morgan fingerprint density at radius 2 is 2.16 bits per heavy atom. The lowest BCUT2D eigenvalue weighted by atomic mass is 9.93. The van der Waals surface area contributed by atoms with Gasteiger partial charge in [0.25, 0.3) is 10.1 Å². The van der Waals surface area contributed by atoms with Gasteiger partial charge in [-0.15, -0.1) is 0 Å². The first kappa shape index (κ1) is 14.0. The zero-order valence-corrected chi connectivity index (χ0v) is 11.4. The van der Waals surface area contributed by atoms with Crippen molar-refractivity contribution in [2.75, 3.05) is 6.26 Å². The molecule has 0 saturated heterocycles. The molecule has 19 heavy (non-hydrogen) atoms. The van der Waals surface area contributed by atoms with Crippen molar-refractivity contribution >= 4 is 16.1 Å². The van der Waals surface area contributed by atoms with Gasteiger partial charge in [0.05, 0.1) is 18.8 Å². The Morgan fingerprint density at radius 3 is 2.68 bits per heavy atom. The van der Waals surface area contributed by atoms with Crippen molar-refractivity contribution in [3.63, 3.8) is 0 Å². The Morgan fingerprint density at radius 1 is 1.47 bits per heavy atom. The van der Waals surface area contributed by atoms with Crippen LogP contribution in [0.4, 0.5) is 0 Å².